The fraction of sp³-hybridized carbons (Fsp3) is 0.450. The van der Waals surface area contributed by atoms with Crippen molar-refractivity contribution in [3.63, 3.8) is 0 Å². The minimum absolute atomic E-state index is 0.514. The number of pyridine rings is 2. The Morgan fingerprint density at radius 3 is 2.69 bits per heavy atom. The van der Waals surface area contributed by atoms with E-state index >= 15 is 0 Å². The minimum atomic E-state index is 0.514. The fourth-order valence-corrected chi connectivity index (χ4v) is 4.68. The van der Waals surface area contributed by atoms with Crippen molar-refractivity contribution in [3.05, 3.63) is 36.2 Å². The van der Waals surface area contributed by atoms with Crippen LogP contribution in [-0.4, -0.2) is 26.2 Å². The van der Waals surface area contributed by atoms with E-state index in [4.69, 9.17) is 4.98 Å². The maximum absolute atomic E-state index is 4.85. The standard InChI is InChI=1S/C20H24N6/c1-12-7-19(26-25-12)23-18-11-17-16(3-2-6-21-17)20(24-18)22-15-9-13-4-5-14(8-13)10-15/h2-3,6-7,11,13-15H,4-5,8-10H2,1H3,(H3,22,23,24,25,26)/t13-,14+,15?. The molecule has 3 N–H and O–H groups in total. The second kappa shape index (κ2) is 6.27. The number of aromatic nitrogens is 4. The van der Waals surface area contributed by atoms with Gasteiger partial charge in [0.05, 0.1) is 5.52 Å². The maximum Gasteiger partial charge on any atom is 0.153 e. The number of H-pyrrole nitrogens is 1. The van der Waals surface area contributed by atoms with Crippen LogP contribution in [-0.2, 0) is 0 Å². The Morgan fingerprint density at radius 2 is 1.92 bits per heavy atom. The smallest absolute Gasteiger partial charge is 0.153 e. The lowest BCUT2D eigenvalue weighted by molar-refractivity contribution is 0.333. The molecule has 2 fully saturated rings. The summed E-state index contributed by atoms with van der Waals surface area (Å²) in [6, 6.07) is 8.53. The van der Waals surface area contributed by atoms with Gasteiger partial charge in [0.2, 0.25) is 0 Å². The van der Waals surface area contributed by atoms with Crippen molar-refractivity contribution in [3.8, 4) is 0 Å². The van der Waals surface area contributed by atoms with Gasteiger partial charge in [-0.2, -0.15) is 5.10 Å². The number of hydrogen-bond acceptors (Lipinski definition) is 5. The number of nitrogens with zero attached hydrogens (tertiary/aromatic N) is 3. The van der Waals surface area contributed by atoms with Crippen LogP contribution in [0.25, 0.3) is 10.9 Å². The van der Waals surface area contributed by atoms with Crippen LogP contribution in [0.4, 0.5) is 17.5 Å². The van der Waals surface area contributed by atoms with Crippen LogP contribution in [0.1, 0.15) is 37.8 Å². The highest BCUT2D eigenvalue weighted by Crippen LogP contribution is 2.43. The number of hydrogen-bond donors (Lipinski definition) is 3. The highest BCUT2D eigenvalue weighted by Gasteiger charge is 2.34. The molecule has 0 spiro atoms. The molecule has 6 heteroatoms. The molecule has 2 aliphatic rings. The van der Waals surface area contributed by atoms with E-state index in [2.05, 4.69) is 31.9 Å². The van der Waals surface area contributed by atoms with Gasteiger partial charge in [0.15, 0.2) is 5.82 Å². The lowest BCUT2D eigenvalue weighted by Crippen LogP contribution is -2.28. The zero-order chi connectivity index (χ0) is 17.5. The van der Waals surface area contributed by atoms with Gasteiger partial charge in [-0.25, -0.2) is 4.98 Å². The second-order valence-electron chi connectivity index (χ2n) is 7.85. The van der Waals surface area contributed by atoms with Crippen LogP contribution in [0, 0.1) is 18.8 Å². The van der Waals surface area contributed by atoms with E-state index in [1.54, 1.807) is 0 Å². The predicted molar refractivity (Wildman–Crippen MR) is 104 cm³/mol. The molecule has 5 rings (SSSR count). The maximum atomic E-state index is 4.85. The topological polar surface area (TPSA) is 78.5 Å². The normalized spacial score (nSPS) is 24.7. The Balaban J connectivity index is 1.46. The molecule has 3 atom stereocenters. The van der Waals surface area contributed by atoms with E-state index in [0.29, 0.717) is 6.04 Å². The molecule has 0 saturated heterocycles. The van der Waals surface area contributed by atoms with Gasteiger partial charge in [0, 0.05) is 35.5 Å². The Kier molecular flexibility index (Phi) is 3.76. The molecule has 0 aliphatic heterocycles. The van der Waals surface area contributed by atoms with Crippen LogP contribution in [0.5, 0.6) is 0 Å². The monoisotopic (exact) mass is 348 g/mol. The first-order valence-electron chi connectivity index (χ1n) is 9.54. The molecule has 3 aromatic heterocycles. The molecule has 26 heavy (non-hydrogen) atoms. The van der Waals surface area contributed by atoms with Crippen molar-refractivity contribution >= 4 is 28.4 Å². The first kappa shape index (κ1) is 15.6. The van der Waals surface area contributed by atoms with E-state index in [1.165, 1.54) is 32.1 Å². The largest absolute Gasteiger partial charge is 0.367 e. The van der Waals surface area contributed by atoms with Crippen LogP contribution in [0.2, 0.25) is 0 Å². The molecular formula is C20H24N6. The fourth-order valence-electron chi connectivity index (χ4n) is 4.68. The molecule has 3 aromatic rings. The van der Waals surface area contributed by atoms with Gasteiger partial charge in [0.25, 0.3) is 0 Å². The Bertz CT molecular complexity index is 921. The predicted octanol–water partition coefficient (Wildman–Crippen LogP) is 4.40. The van der Waals surface area contributed by atoms with Crippen molar-refractivity contribution in [2.45, 2.75) is 45.1 Å². The summed E-state index contributed by atoms with van der Waals surface area (Å²) in [5, 5.41) is 15.3. The first-order valence-corrected chi connectivity index (χ1v) is 9.54. The molecule has 6 nitrogen and oxygen atoms in total. The van der Waals surface area contributed by atoms with E-state index in [0.717, 1.165) is 45.9 Å². The highest BCUT2D eigenvalue weighted by atomic mass is 15.2. The van der Waals surface area contributed by atoms with Gasteiger partial charge in [0.1, 0.15) is 11.6 Å². The summed E-state index contributed by atoms with van der Waals surface area (Å²) in [5.74, 6) is 4.25. The van der Waals surface area contributed by atoms with Crippen molar-refractivity contribution in [2.24, 2.45) is 11.8 Å². The summed E-state index contributed by atoms with van der Waals surface area (Å²) in [6.45, 7) is 1.98. The number of rotatable bonds is 4. The minimum Gasteiger partial charge on any atom is -0.367 e. The van der Waals surface area contributed by atoms with Gasteiger partial charge >= 0.3 is 0 Å². The third-order valence-corrected chi connectivity index (χ3v) is 5.79. The molecule has 134 valence electrons. The van der Waals surface area contributed by atoms with Gasteiger partial charge in [-0.05, 0) is 50.2 Å². The average Bonchev–Trinajstić information content (AvgIpc) is 3.19. The summed E-state index contributed by atoms with van der Waals surface area (Å²) in [7, 11) is 0. The Morgan fingerprint density at radius 1 is 1.08 bits per heavy atom. The number of aryl methyl sites for hydroxylation is 1. The third kappa shape index (κ3) is 3.00. The Hall–Kier alpha value is -2.63. The zero-order valence-electron chi connectivity index (χ0n) is 15.0. The summed E-state index contributed by atoms with van der Waals surface area (Å²) in [5.41, 5.74) is 1.96. The van der Waals surface area contributed by atoms with Crippen LogP contribution < -0.4 is 10.6 Å². The molecule has 2 bridgehead atoms. The number of anilines is 3. The molecule has 2 aliphatic carbocycles. The second-order valence-corrected chi connectivity index (χ2v) is 7.85. The molecule has 0 amide bonds. The Labute approximate surface area is 152 Å². The van der Waals surface area contributed by atoms with Crippen LogP contribution >= 0.6 is 0 Å². The highest BCUT2D eigenvalue weighted by molar-refractivity contribution is 5.91. The number of fused-ring (bicyclic) bond motifs is 3. The van der Waals surface area contributed by atoms with Crippen molar-refractivity contribution < 1.29 is 0 Å². The zero-order valence-corrected chi connectivity index (χ0v) is 15.0. The lowest BCUT2D eigenvalue weighted by Gasteiger charge is -2.29. The van der Waals surface area contributed by atoms with Gasteiger partial charge in [-0.1, -0.05) is 12.8 Å². The molecule has 2 saturated carbocycles. The van der Waals surface area contributed by atoms with E-state index in [-0.39, 0.29) is 0 Å². The quantitative estimate of drug-likeness (QED) is 0.651. The van der Waals surface area contributed by atoms with Crippen molar-refractivity contribution in [1.29, 1.82) is 0 Å². The first-order chi connectivity index (χ1) is 12.7. The molecular weight excluding hydrogens is 324 g/mol. The van der Waals surface area contributed by atoms with E-state index in [1.807, 2.05) is 31.3 Å². The van der Waals surface area contributed by atoms with Crippen molar-refractivity contribution in [2.75, 3.05) is 10.6 Å². The van der Waals surface area contributed by atoms with E-state index in [9.17, 15) is 0 Å². The summed E-state index contributed by atoms with van der Waals surface area (Å²) >= 11 is 0. The van der Waals surface area contributed by atoms with Crippen molar-refractivity contribution in [1.82, 2.24) is 20.2 Å². The lowest BCUT2D eigenvalue weighted by atomic mass is 9.85. The van der Waals surface area contributed by atoms with Gasteiger partial charge < -0.3 is 10.6 Å². The van der Waals surface area contributed by atoms with Crippen LogP contribution in [0.15, 0.2) is 30.5 Å². The number of aromatic amines is 1. The summed E-state index contributed by atoms with van der Waals surface area (Å²) in [4.78, 5) is 9.39. The SMILES string of the molecule is Cc1cc(Nc2cc3ncccc3c(NC3C[C@H]4CC[C@@H](C3)C4)n2)n[nH]1. The summed E-state index contributed by atoms with van der Waals surface area (Å²) < 4.78 is 0. The van der Waals surface area contributed by atoms with Gasteiger partial charge in [-0.15, -0.1) is 0 Å². The number of nitrogens with one attached hydrogen (secondary N) is 3. The third-order valence-electron chi connectivity index (χ3n) is 5.79. The average molecular weight is 348 g/mol. The van der Waals surface area contributed by atoms with Gasteiger partial charge in [-0.3, -0.25) is 10.1 Å². The van der Waals surface area contributed by atoms with E-state index < -0.39 is 0 Å². The molecule has 1 unspecified atom stereocenters. The summed E-state index contributed by atoms with van der Waals surface area (Å²) in [6.07, 6.45) is 8.58. The van der Waals surface area contributed by atoms with Crippen LogP contribution in [0.3, 0.4) is 0 Å². The molecule has 0 radical (unpaired) electrons. The molecule has 0 aromatic carbocycles. The molecule has 3 heterocycles.